The van der Waals surface area contributed by atoms with Gasteiger partial charge in [-0.25, -0.2) is 4.98 Å². The first kappa shape index (κ1) is 13.1. The van der Waals surface area contributed by atoms with E-state index in [1.54, 1.807) is 6.33 Å². The van der Waals surface area contributed by atoms with Crippen molar-refractivity contribution in [3.8, 4) is 0 Å². The molecule has 0 radical (unpaired) electrons. The lowest BCUT2D eigenvalue weighted by molar-refractivity contribution is 0.149. The molecule has 3 rings (SSSR count). The van der Waals surface area contributed by atoms with Crippen LogP contribution >= 0.6 is 0 Å². The van der Waals surface area contributed by atoms with E-state index >= 15 is 0 Å². The third-order valence-corrected chi connectivity index (χ3v) is 4.87. The highest BCUT2D eigenvalue weighted by atomic mass is 15.3. The summed E-state index contributed by atoms with van der Waals surface area (Å²) in [6.07, 6.45) is 5.63. The molecule has 0 bridgehead atoms. The molecule has 5 heteroatoms. The molecule has 2 fully saturated rings. The van der Waals surface area contributed by atoms with Crippen molar-refractivity contribution in [2.24, 2.45) is 13.0 Å². The molecule has 1 saturated heterocycles. The van der Waals surface area contributed by atoms with Crippen LogP contribution in [0.1, 0.15) is 38.9 Å². The minimum absolute atomic E-state index is 0.281. The summed E-state index contributed by atoms with van der Waals surface area (Å²) in [5, 5.41) is 7.97. The van der Waals surface area contributed by atoms with Gasteiger partial charge in [-0.2, -0.15) is 5.10 Å². The molecule has 0 spiro atoms. The third-order valence-electron chi connectivity index (χ3n) is 4.87. The van der Waals surface area contributed by atoms with Gasteiger partial charge < -0.3 is 5.32 Å². The summed E-state index contributed by atoms with van der Waals surface area (Å²) in [7, 11) is 1.98. The molecule has 2 heterocycles. The molecule has 1 saturated carbocycles. The van der Waals surface area contributed by atoms with Crippen molar-refractivity contribution in [2.75, 3.05) is 13.1 Å². The zero-order valence-electron chi connectivity index (χ0n) is 12.3. The summed E-state index contributed by atoms with van der Waals surface area (Å²) in [5.41, 5.74) is 0.281. The van der Waals surface area contributed by atoms with E-state index in [1.807, 2.05) is 11.7 Å². The molecule has 1 aliphatic carbocycles. The van der Waals surface area contributed by atoms with Gasteiger partial charge in [0.1, 0.15) is 12.2 Å². The molecule has 106 valence electrons. The second-order valence-electron chi connectivity index (χ2n) is 6.46. The van der Waals surface area contributed by atoms with Crippen LogP contribution < -0.4 is 5.32 Å². The van der Waals surface area contributed by atoms with Crippen LogP contribution in [0.3, 0.4) is 0 Å². The minimum atomic E-state index is 0.281. The Morgan fingerprint density at radius 2 is 2.21 bits per heavy atom. The Morgan fingerprint density at radius 1 is 1.42 bits per heavy atom. The third kappa shape index (κ3) is 2.67. The lowest BCUT2D eigenvalue weighted by Gasteiger charge is -2.35. The maximum absolute atomic E-state index is 4.37. The largest absolute Gasteiger partial charge is 0.310 e. The van der Waals surface area contributed by atoms with Crippen molar-refractivity contribution < 1.29 is 0 Å². The van der Waals surface area contributed by atoms with Crippen molar-refractivity contribution in [1.82, 2.24) is 25.0 Å². The Bertz CT molecular complexity index is 439. The van der Waals surface area contributed by atoms with Gasteiger partial charge in [0, 0.05) is 25.2 Å². The van der Waals surface area contributed by atoms with E-state index in [4.69, 9.17) is 0 Å². The lowest BCUT2D eigenvalue weighted by Crippen LogP contribution is -2.51. The summed E-state index contributed by atoms with van der Waals surface area (Å²) < 4.78 is 1.89. The number of aromatic nitrogens is 3. The average Bonchev–Trinajstić information content (AvgIpc) is 3.15. The standard InChI is InChI=1S/C14H25N5/c1-11-6-7-16-14(2,12-4-5-12)9-19(11)8-13-15-10-17-18(13)3/h10-12,16H,4-9H2,1-3H3. The molecule has 2 atom stereocenters. The van der Waals surface area contributed by atoms with E-state index in [0.717, 1.165) is 31.4 Å². The van der Waals surface area contributed by atoms with Crippen LogP contribution in [0.5, 0.6) is 0 Å². The van der Waals surface area contributed by atoms with E-state index in [-0.39, 0.29) is 5.54 Å². The molecular weight excluding hydrogens is 238 g/mol. The average molecular weight is 263 g/mol. The Morgan fingerprint density at radius 3 is 2.84 bits per heavy atom. The molecule has 1 aliphatic heterocycles. The van der Waals surface area contributed by atoms with Gasteiger partial charge in [-0.05, 0) is 45.6 Å². The quantitative estimate of drug-likeness (QED) is 0.889. The van der Waals surface area contributed by atoms with E-state index in [9.17, 15) is 0 Å². The summed E-state index contributed by atoms with van der Waals surface area (Å²) in [4.78, 5) is 6.94. The molecule has 19 heavy (non-hydrogen) atoms. The number of hydrogen-bond acceptors (Lipinski definition) is 4. The Balaban J connectivity index is 1.75. The Kier molecular flexibility index (Phi) is 3.35. The maximum atomic E-state index is 4.37. The van der Waals surface area contributed by atoms with Gasteiger partial charge in [-0.15, -0.1) is 0 Å². The number of nitrogens with one attached hydrogen (secondary N) is 1. The fourth-order valence-electron chi connectivity index (χ4n) is 3.23. The van der Waals surface area contributed by atoms with Crippen LogP contribution in [0.25, 0.3) is 0 Å². The summed E-state index contributed by atoms with van der Waals surface area (Å²) in [6, 6.07) is 0.602. The first-order chi connectivity index (χ1) is 9.08. The van der Waals surface area contributed by atoms with Gasteiger partial charge in [-0.3, -0.25) is 9.58 Å². The number of hydrogen-bond donors (Lipinski definition) is 1. The lowest BCUT2D eigenvalue weighted by atomic mass is 9.95. The van der Waals surface area contributed by atoms with E-state index in [1.165, 1.54) is 19.3 Å². The Hall–Kier alpha value is -0.940. The predicted octanol–water partition coefficient (Wildman–Crippen LogP) is 1.17. The second kappa shape index (κ2) is 4.87. The molecule has 2 unspecified atom stereocenters. The smallest absolute Gasteiger partial charge is 0.140 e. The van der Waals surface area contributed by atoms with Gasteiger partial charge in [0.25, 0.3) is 0 Å². The van der Waals surface area contributed by atoms with Crippen LogP contribution in [-0.2, 0) is 13.6 Å². The fraction of sp³-hybridized carbons (Fsp3) is 0.857. The van der Waals surface area contributed by atoms with E-state index < -0.39 is 0 Å². The molecule has 5 nitrogen and oxygen atoms in total. The Labute approximate surface area is 115 Å². The van der Waals surface area contributed by atoms with Crippen molar-refractivity contribution in [2.45, 2.75) is 51.2 Å². The van der Waals surface area contributed by atoms with Crippen LogP contribution in [-0.4, -0.2) is 44.3 Å². The van der Waals surface area contributed by atoms with Gasteiger partial charge in [0.15, 0.2) is 0 Å². The predicted molar refractivity (Wildman–Crippen MR) is 74.6 cm³/mol. The number of nitrogens with zero attached hydrogens (tertiary/aromatic N) is 4. The zero-order chi connectivity index (χ0) is 13.5. The summed E-state index contributed by atoms with van der Waals surface area (Å²) in [5.74, 6) is 1.92. The normalized spacial score (nSPS) is 33.3. The molecule has 0 aromatic carbocycles. The maximum Gasteiger partial charge on any atom is 0.140 e. The number of aryl methyl sites for hydroxylation is 1. The van der Waals surface area contributed by atoms with Gasteiger partial charge in [0.05, 0.1) is 6.54 Å². The SMILES string of the molecule is CC1CCNC(C)(C2CC2)CN1Cc1ncnn1C. The highest BCUT2D eigenvalue weighted by Gasteiger charge is 2.44. The van der Waals surface area contributed by atoms with E-state index in [0.29, 0.717) is 6.04 Å². The fourth-order valence-corrected chi connectivity index (χ4v) is 3.23. The highest BCUT2D eigenvalue weighted by molar-refractivity contribution is 5.02. The molecule has 2 aliphatic rings. The van der Waals surface area contributed by atoms with Crippen LogP contribution in [0.15, 0.2) is 6.33 Å². The highest BCUT2D eigenvalue weighted by Crippen LogP contribution is 2.41. The molecular formula is C14H25N5. The molecule has 1 aromatic heterocycles. The zero-order valence-corrected chi connectivity index (χ0v) is 12.3. The second-order valence-corrected chi connectivity index (χ2v) is 6.46. The van der Waals surface area contributed by atoms with Crippen molar-refractivity contribution >= 4 is 0 Å². The van der Waals surface area contributed by atoms with Gasteiger partial charge >= 0.3 is 0 Å². The number of rotatable bonds is 3. The minimum Gasteiger partial charge on any atom is -0.310 e. The van der Waals surface area contributed by atoms with Gasteiger partial charge in [-0.1, -0.05) is 0 Å². The summed E-state index contributed by atoms with van der Waals surface area (Å²) >= 11 is 0. The van der Waals surface area contributed by atoms with Crippen LogP contribution in [0, 0.1) is 5.92 Å². The van der Waals surface area contributed by atoms with Crippen LogP contribution in [0.4, 0.5) is 0 Å². The van der Waals surface area contributed by atoms with Crippen molar-refractivity contribution in [3.63, 3.8) is 0 Å². The molecule has 1 N–H and O–H groups in total. The first-order valence-electron chi connectivity index (χ1n) is 7.40. The summed E-state index contributed by atoms with van der Waals surface area (Å²) in [6.45, 7) is 7.87. The van der Waals surface area contributed by atoms with Crippen molar-refractivity contribution in [3.05, 3.63) is 12.2 Å². The topological polar surface area (TPSA) is 46.0 Å². The monoisotopic (exact) mass is 263 g/mol. The first-order valence-corrected chi connectivity index (χ1v) is 7.40. The van der Waals surface area contributed by atoms with Crippen molar-refractivity contribution in [1.29, 1.82) is 0 Å². The molecule has 0 amide bonds. The van der Waals surface area contributed by atoms with Gasteiger partial charge in [0.2, 0.25) is 0 Å². The molecule has 1 aromatic rings. The van der Waals surface area contributed by atoms with Crippen LogP contribution in [0.2, 0.25) is 0 Å². The van der Waals surface area contributed by atoms with E-state index in [2.05, 4.69) is 34.1 Å².